The highest BCUT2D eigenvalue weighted by Gasteiger charge is 2.04. The van der Waals surface area contributed by atoms with E-state index in [1.54, 1.807) is 6.07 Å². The van der Waals surface area contributed by atoms with E-state index in [-0.39, 0.29) is 0 Å². The van der Waals surface area contributed by atoms with Gasteiger partial charge in [-0.3, -0.25) is 0 Å². The van der Waals surface area contributed by atoms with E-state index in [2.05, 4.69) is 13.8 Å². The first kappa shape index (κ1) is 11.8. The topological polar surface area (TPSA) is 9.23 Å². The molecule has 0 amide bonds. The number of hydrogen-bond donors (Lipinski definition) is 0. The second kappa shape index (κ2) is 5.59. The third-order valence-electron chi connectivity index (χ3n) is 1.74. The van der Waals surface area contributed by atoms with Gasteiger partial charge in [0.15, 0.2) is 0 Å². The maximum atomic E-state index is 6.00. The lowest BCUT2D eigenvalue weighted by Gasteiger charge is -2.08. The summed E-state index contributed by atoms with van der Waals surface area (Å²) < 4.78 is 5.47. The molecule has 0 spiro atoms. The molecule has 0 bridgehead atoms. The van der Waals surface area contributed by atoms with Gasteiger partial charge in [0.2, 0.25) is 0 Å². The summed E-state index contributed by atoms with van der Waals surface area (Å²) in [6.45, 7) is 5.49. The molecular weight excluding hydrogens is 219 g/mol. The highest BCUT2D eigenvalue weighted by Crippen LogP contribution is 2.25. The number of rotatable bonds is 4. The molecule has 0 aliphatic heterocycles. The van der Waals surface area contributed by atoms with Crippen LogP contribution in [-0.4, -0.2) is 6.61 Å². The molecule has 0 unspecified atom stereocenters. The van der Waals surface area contributed by atoms with Gasteiger partial charge in [-0.15, -0.1) is 0 Å². The second-order valence-corrected chi connectivity index (χ2v) is 4.41. The second-order valence-electron chi connectivity index (χ2n) is 3.62. The highest BCUT2D eigenvalue weighted by molar-refractivity contribution is 6.42. The van der Waals surface area contributed by atoms with Crippen molar-refractivity contribution in [1.82, 2.24) is 0 Å². The summed E-state index contributed by atoms with van der Waals surface area (Å²) in [4.78, 5) is 0. The van der Waals surface area contributed by atoms with Crippen LogP contribution in [0.15, 0.2) is 18.2 Å². The van der Waals surface area contributed by atoms with Crippen LogP contribution in [-0.2, 0) is 11.3 Å². The quantitative estimate of drug-likeness (QED) is 0.758. The maximum absolute atomic E-state index is 6.00. The van der Waals surface area contributed by atoms with E-state index in [4.69, 9.17) is 27.9 Å². The van der Waals surface area contributed by atoms with Gasteiger partial charge in [-0.05, 0) is 17.5 Å². The first-order chi connectivity index (χ1) is 6.61. The molecule has 0 atom stereocenters. The molecular formula is C11H14Cl2O. The zero-order valence-electron chi connectivity index (χ0n) is 8.39. The predicted octanol–water partition coefficient (Wildman–Crippen LogP) is 4.17. The Bertz CT molecular complexity index is 297. The standard InChI is InChI=1S/C11H14Cl2O/c1-8(2)6-14-7-9-4-3-5-10(12)11(9)13/h3-5,8H,6-7H2,1-2H3. The molecule has 14 heavy (non-hydrogen) atoms. The summed E-state index contributed by atoms with van der Waals surface area (Å²) in [7, 11) is 0. The van der Waals surface area contributed by atoms with Crippen molar-refractivity contribution >= 4 is 23.2 Å². The Balaban J connectivity index is 2.54. The van der Waals surface area contributed by atoms with Crippen molar-refractivity contribution in [2.24, 2.45) is 5.92 Å². The van der Waals surface area contributed by atoms with Crippen molar-refractivity contribution in [3.63, 3.8) is 0 Å². The van der Waals surface area contributed by atoms with E-state index in [1.165, 1.54) is 0 Å². The Kier molecular flexibility index (Phi) is 4.73. The Morgan fingerprint density at radius 3 is 2.64 bits per heavy atom. The van der Waals surface area contributed by atoms with Gasteiger partial charge in [-0.1, -0.05) is 49.2 Å². The smallest absolute Gasteiger partial charge is 0.0732 e. The number of benzene rings is 1. The molecule has 1 aromatic carbocycles. The zero-order valence-corrected chi connectivity index (χ0v) is 9.90. The van der Waals surface area contributed by atoms with Gasteiger partial charge in [-0.25, -0.2) is 0 Å². The predicted molar refractivity (Wildman–Crippen MR) is 61.0 cm³/mol. The van der Waals surface area contributed by atoms with Gasteiger partial charge in [0.05, 0.1) is 16.7 Å². The van der Waals surface area contributed by atoms with Crippen LogP contribution in [0.5, 0.6) is 0 Å². The Morgan fingerprint density at radius 1 is 1.29 bits per heavy atom. The fourth-order valence-electron chi connectivity index (χ4n) is 1.06. The first-order valence-electron chi connectivity index (χ1n) is 4.62. The van der Waals surface area contributed by atoms with Gasteiger partial charge >= 0.3 is 0 Å². The van der Waals surface area contributed by atoms with E-state index >= 15 is 0 Å². The van der Waals surface area contributed by atoms with Crippen LogP contribution in [0.25, 0.3) is 0 Å². The Morgan fingerprint density at radius 2 is 2.00 bits per heavy atom. The summed E-state index contributed by atoms with van der Waals surface area (Å²) in [6.07, 6.45) is 0. The maximum Gasteiger partial charge on any atom is 0.0732 e. The Hall–Kier alpha value is -0.240. The van der Waals surface area contributed by atoms with E-state index in [0.29, 0.717) is 22.6 Å². The van der Waals surface area contributed by atoms with Crippen LogP contribution in [0, 0.1) is 5.92 Å². The van der Waals surface area contributed by atoms with Crippen LogP contribution in [0.4, 0.5) is 0 Å². The molecule has 1 aromatic rings. The van der Waals surface area contributed by atoms with Gasteiger partial charge in [-0.2, -0.15) is 0 Å². The van der Waals surface area contributed by atoms with Gasteiger partial charge in [0, 0.05) is 6.61 Å². The normalized spacial score (nSPS) is 10.9. The monoisotopic (exact) mass is 232 g/mol. The number of halogens is 2. The fourth-order valence-corrected chi connectivity index (χ4v) is 1.44. The zero-order chi connectivity index (χ0) is 10.6. The minimum atomic E-state index is 0.525. The molecule has 0 aliphatic rings. The number of hydrogen-bond acceptors (Lipinski definition) is 1. The third kappa shape index (κ3) is 3.49. The molecule has 78 valence electrons. The molecule has 0 N–H and O–H groups in total. The van der Waals surface area contributed by atoms with Gasteiger partial charge in [0.1, 0.15) is 0 Å². The molecule has 1 rings (SSSR count). The van der Waals surface area contributed by atoms with E-state index in [9.17, 15) is 0 Å². The summed E-state index contributed by atoms with van der Waals surface area (Å²) >= 11 is 11.9. The van der Waals surface area contributed by atoms with Crippen LogP contribution in [0.2, 0.25) is 10.0 Å². The summed E-state index contributed by atoms with van der Waals surface area (Å²) in [6, 6.07) is 5.58. The minimum Gasteiger partial charge on any atom is -0.376 e. The third-order valence-corrected chi connectivity index (χ3v) is 2.60. The lowest BCUT2D eigenvalue weighted by atomic mass is 10.2. The average Bonchev–Trinajstić information content (AvgIpc) is 2.12. The van der Waals surface area contributed by atoms with Crippen molar-refractivity contribution in [3.8, 4) is 0 Å². The molecule has 3 heteroatoms. The van der Waals surface area contributed by atoms with Crippen molar-refractivity contribution in [3.05, 3.63) is 33.8 Å². The van der Waals surface area contributed by atoms with Crippen molar-refractivity contribution in [2.75, 3.05) is 6.61 Å². The SMILES string of the molecule is CC(C)COCc1cccc(Cl)c1Cl. The Labute approximate surface area is 95.0 Å². The fraction of sp³-hybridized carbons (Fsp3) is 0.455. The molecule has 1 nitrogen and oxygen atoms in total. The molecule has 0 aliphatic carbocycles. The van der Waals surface area contributed by atoms with E-state index in [1.807, 2.05) is 12.1 Å². The van der Waals surface area contributed by atoms with E-state index < -0.39 is 0 Å². The van der Waals surface area contributed by atoms with Crippen LogP contribution >= 0.6 is 23.2 Å². The van der Waals surface area contributed by atoms with E-state index in [0.717, 1.165) is 12.2 Å². The lowest BCUT2D eigenvalue weighted by molar-refractivity contribution is 0.0971. The highest BCUT2D eigenvalue weighted by atomic mass is 35.5. The van der Waals surface area contributed by atoms with Crippen LogP contribution < -0.4 is 0 Å². The van der Waals surface area contributed by atoms with Crippen molar-refractivity contribution in [2.45, 2.75) is 20.5 Å². The molecule has 0 saturated carbocycles. The molecule has 0 aromatic heterocycles. The largest absolute Gasteiger partial charge is 0.376 e. The molecule has 0 saturated heterocycles. The molecule has 0 radical (unpaired) electrons. The summed E-state index contributed by atoms with van der Waals surface area (Å²) in [5.41, 5.74) is 0.944. The first-order valence-corrected chi connectivity index (χ1v) is 5.37. The van der Waals surface area contributed by atoms with Crippen molar-refractivity contribution < 1.29 is 4.74 Å². The lowest BCUT2D eigenvalue weighted by Crippen LogP contribution is -2.02. The van der Waals surface area contributed by atoms with Gasteiger partial charge in [0.25, 0.3) is 0 Å². The van der Waals surface area contributed by atoms with Crippen LogP contribution in [0.1, 0.15) is 19.4 Å². The summed E-state index contributed by atoms with van der Waals surface area (Å²) in [5.74, 6) is 0.535. The summed E-state index contributed by atoms with van der Waals surface area (Å²) in [5, 5.41) is 1.18. The average molecular weight is 233 g/mol. The number of ether oxygens (including phenoxy) is 1. The van der Waals surface area contributed by atoms with Gasteiger partial charge < -0.3 is 4.74 Å². The minimum absolute atomic E-state index is 0.525. The van der Waals surface area contributed by atoms with Crippen LogP contribution in [0.3, 0.4) is 0 Å². The molecule has 0 fully saturated rings. The molecule has 0 heterocycles. The van der Waals surface area contributed by atoms with Crippen molar-refractivity contribution in [1.29, 1.82) is 0 Å².